The highest BCUT2D eigenvalue weighted by molar-refractivity contribution is 6.04. The first-order chi connectivity index (χ1) is 16.8. The molecule has 1 aromatic heterocycles. The Bertz CT molecular complexity index is 1170. The number of aromatic nitrogens is 2. The Morgan fingerprint density at radius 2 is 1.81 bits per heavy atom. The lowest BCUT2D eigenvalue weighted by molar-refractivity contribution is -0.136. The Kier molecular flexibility index (Phi) is 7.85. The van der Waals surface area contributed by atoms with Gasteiger partial charge in [-0.25, -0.2) is 19.6 Å². The summed E-state index contributed by atoms with van der Waals surface area (Å²) in [5.74, 6) is -1.09. The number of halogens is 3. The number of carbonyl (C=O) groups is 3. The second-order valence-corrected chi connectivity index (χ2v) is 8.79. The zero-order valence-corrected chi connectivity index (χ0v) is 20.6. The fourth-order valence-electron chi connectivity index (χ4n) is 4.09. The molecule has 1 saturated heterocycles. The number of alkyl halides is 3. The molecule has 3 amide bonds. The largest absolute Gasteiger partial charge is 0.465 e. The van der Waals surface area contributed by atoms with Crippen molar-refractivity contribution in [2.75, 3.05) is 32.1 Å². The molecule has 1 N–H and O–H groups in total. The quantitative estimate of drug-likeness (QED) is 0.625. The molecule has 0 spiro atoms. The van der Waals surface area contributed by atoms with Gasteiger partial charge in [-0.05, 0) is 31.9 Å². The zero-order valence-electron chi connectivity index (χ0n) is 20.6. The lowest BCUT2D eigenvalue weighted by Crippen LogP contribution is -2.56. The summed E-state index contributed by atoms with van der Waals surface area (Å²) < 4.78 is 44.7. The molecule has 1 fully saturated rings. The SMILES string of the molecule is COC(=O)c1c(C(=O)N2CCN(C(=O)Nc3ccccc3C(F)(F)F)C(C)C2)nc(C)nc1C(C)C. The minimum Gasteiger partial charge on any atom is -0.465 e. The van der Waals surface area contributed by atoms with Crippen LogP contribution in [0, 0.1) is 6.92 Å². The van der Waals surface area contributed by atoms with Crippen molar-refractivity contribution < 1.29 is 32.3 Å². The van der Waals surface area contributed by atoms with Crippen LogP contribution in [-0.4, -0.2) is 70.5 Å². The number of aryl methyl sites for hydroxylation is 1. The van der Waals surface area contributed by atoms with Gasteiger partial charge in [0.15, 0.2) is 0 Å². The van der Waals surface area contributed by atoms with E-state index in [1.54, 1.807) is 13.8 Å². The summed E-state index contributed by atoms with van der Waals surface area (Å²) in [5.41, 5.74) is -0.981. The van der Waals surface area contributed by atoms with Crippen LogP contribution < -0.4 is 5.32 Å². The van der Waals surface area contributed by atoms with Gasteiger partial charge in [-0.2, -0.15) is 13.2 Å². The van der Waals surface area contributed by atoms with Crippen LogP contribution in [0.15, 0.2) is 24.3 Å². The number of para-hydroxylation sites is 1. The molecule has 194 valence electrons. The van der Waals surface area contributed by atoms with Gasteiger partial charge < -0.3 is 19.9 Å². The van der Waals surface area contributed by atoms with Gasteiger partial charge in [0.2, 0.25) is 0 Å². The van der Waals surface area contributed by atoms with Crippen LogP contribution in [0.5, 0.6) is 0 Å². The molecule has 0 aliphatic carbocycles. The van der Waals surface area contributed by atoms with Gasteiger partial charge >= 0.3 is 18.2 Å². The molecule has 1 atom stereocenters. The van der Waals surface area contributed by atoms with E-state index in [2.05, 4.69) is 15.3 Å². The average molecular weight is 508 g/mol. The summed E-state index contributed by atoms with van der Waals surface area (Å²) in [6.07, 6.45) is -4.62. The summed E-state index contributed by atoms with van der Waals surface area (Å²) in [5, 5.41) is 2.33. The van der Waals surface area contributed by atoms with Crippen molar-refractivity contribution in [1.29, 1.82) is 0 Å². The number of hydrogen-bond acceptors (Lipinski definition) is 6. The topological polar surface area (TPSA) is 105 Å². The number of methoxy groups -OCH3 is 1. The van der Waals surface area contributed by atoms with E-state index in [-0.39, 0.29) is 42.5 Å². The fraction of sp³-hybridized carbons (Fsp3) is 0.458. The highest BCUT2D eigenvalue weighted by Gasteiger charge is 2.36. The molecule has 9 nitrogen and oxygen atoms in total. The van der Waals surface area contributed by atoms with Crippen molar-refractivity contribution >= 4 is 23.6 Å². The normalized spacial score (nSPS) is 16.2. The van der Waals surface area contributed by atoms with Gasteiger partial charge in [-0.1, -0.05) is 26.0 Å². The molecule has 36 heavy (non-hydrogen) atoms. The van der Waals surface area contributed by atoms with E-state index in [1.807, 2.05) is 13.8 Å². The maximum Gasteiger partial charge on any atom is 0.418 e. The monoisotopic (exact) mass is 507 g/mol. The average Bonchev–Trinajstić information content (AvgIpc) is 2.81. The van der Waals surface area contributed by atoms with E-state index < -0.39 is 35.7 Å². The number of anilines is 1. The Morgan fingerprint density at radius 3 is 2.39 bits per heavy atom. The van der Waals surface area contributed by atoms with Crippen molar-refractivity contribution in [1.82, 2.24) is 19.8 Å². The molecule has 1 aliphatic heterocycles. The van der Waals surface area contributed by atoms with E-state index in [9.17, 15) is 27.6 Å². The van der Waals surface area contributed by atoms with Crippen LogP contribution in [0.4, 0.5) is 23.7 Å². The lowest BCUT2D eigenvalue weighted by atomic mass is 10.0. The van der Waals surface area contributed by atoms with Gasteiger partial charge in [-0.3, -0.25) is 4.79 Å². The molecule has 2 aromatic rings. The number of nitrogens with one attached hydrogen (secondary N) is 1. The molecule has 1 aromatic carbocycles. The summed E-state index contributed by atoms with van der Waals surface area (Å²) in [4.78, 5) is 50.1. The molecule has 0 saturated carbocycles. The zero-order chi connectivity index (χ0) is 26.8. The Morgan fingerprint density at radius 1 is 1.14 bits per heavy atom. The molecular formula is C24H28F3N5O4. The smallest absolute Gasteiger partial charge is 0.418 e. The molecule has 3 rings (SSSR count). The first-order valence-corrected chi connectivity index (χ1v) is 11.3. The predicted octanol–water partition coefficient (Wildman–Crippen LogP) is 4.09. The van der Waals surface area contributed by atoms with Gasteiger partial charge in [-0.15, -0.1) is 0 Å². The predicted molar refractivity (Wildman–Crippen MR) is 125 cm³/mol. The fourth-order valence-corrected chi connectivity index (χ4v) is 4.09. The Labute approximate surface area is 206 Å². The van der Waals surface area contributed by atoms with Gasteiger partial charge in [0.05, 0.1) is 24.1 Å². The maximum atomic E-state index is 13.4. The van der Waals surface area contributed by atoms with Crippen LogP contribution >= 0.6 is 0 Å². The second-order valence-electron chi connectivity index (χ2n) is 8.79. The Hall–Kier alpha value is -3.70. The van der Waals surface area contributed by atoms with E-state index >= 15 is 0 Å². The van der Waals surface area contributed by atoms with Crippen LogP contribution in [-0.2, 0) is 10.9 Å². The molecule has 12 heteroatoms. The van der Waals surface area contributed by atoms with Crippen LogP contribution in [0.2, 0.25) is 0 Å². The Balaban J connectivity index is 1.80. The number of piperazine rings is 1. The number of esters is 1. The third kappa shape index (κ3) is 5.58. The van der Waals surface area contributed by atoms with Gasteiger partial charge in [0.1, 0.15) is 17.1 Å². The van der Waals surface area contributed by atoms with Crippen molar-refractivity contribution in [3.05, 3.63) is 52.6 Å². The van der Waals surface area contributed by atoms with Crippen LogP contribution in [0.25, 0.3) is 0 Å². The number of carbonyl (C=O) groups excluding carboxylic acids is 3. The highest BCUT2D eigenvalue weighted by Crippen LogP contribution is 2.34. The van der Waals surface area contributed by atoms with Crippen molar-refractivity contribution in [3.63, 3.8) is 0 Å². The number of urea groups is 1. The molecule has 1 unspecified atom stereocenters. The standard InChI is InChI=1S/C24H28F3N5O4/c1-13(2)19-18(22(34)36-5)20(29-15(4)28-19)21(33)31-10-11-32(14(3)12-31)23(35)30-17-9-7-6-8-16(17)24(25,26)27/h6-9,13-14H,10-12H2,1-5H3,(H,30,35). The molecular weight excluding hydrogens is 479 g/mol. The van der Waals surface area contributed by atoms with Crippen molar-refractivity contribution in [2.45, 2.75) is 45.8 Å². The van der Waals surface area contributed by atoms with Crippen LogP contribution in [0.1, 0.15) is 64.6 Å². The number of rotatable bonds is 4. The third-order valence-electron chi connectivity index (χ3n) is 5.84. The molecule has 2 heterocycles. The van der Waals surface area contributed by atoms with E-state index in [4.69, 9.17) is 4.74 Å². The molecule has 0 bridgehead atoms. The van der Waals surface area contributed by atoms with E-state index in [0.717, 1.165) is 6.07 Å². The highest BCUT2D eigenvalue weighted by atomic mass is 19.4. The van der Waals surface area contributed by atoms with Crippen molar-refractivity contribution in [3.8, 4) is 0 Å². The minimum absolute atomic E-state index is 0.000293. The maximum absolute atomic E-state index is 13.4. The minimum atomic E-state index is -4.62. The first kappa shape index (κ1) is 26.9. The summed E-state index contributed by atoms with van der Waals surface area (Å²) in [6, 6.07) is 3.50. The number of hydrogen-bond donors (Lipinski definition) is 1. The third-order valence-corrected chi connectivity index (χ3v) is 5.84. The number of benzene rings is 1. The number of ether oxygens (including phenoxy) is 1. The summed E-state index contributed by atoms with van der Waals surface area (Å²) in [6.45, 7) is 7.22. The summed E-state index contributed by atoms with van der Waals surface area (Å²) in [7, 11) is 1.21. The lowest BCUT2D eigenvalue weighted by Gasteiger charge is -2.39. The van der Waals surface area contributed by atoms with Crippen LogP contribution in [0.3, 0.4) is 0 Å². The van der Waals surface area contributed by atoms with Gasteiger partial charge in [0.25, 0.3) is 5.91 Å². The van der Waals surface area contributed by atoms with E-state index in [0.29, 0.717) is 11.5 Å². The second kappa shape index (κ2) is 10.5. The summed E-state index contributed by atoms with van der Waals surface area (Å²) >= 11 is 0. The first-order valence-electron chi connectivity index (χ1n) is 11.3. The molecule has 0 radical (unpaired) electrons. The number of nitrogens with zero attached hydrogens (tertiary/aromatic N) is 4. The molecule has 1 aliphatic rings. The van der Waals surface area contributed by atoms with E-state index in [1.165, 1.54) is 35.1 Å². The van der Waals surface area contributed by atoms with Gasteiger partial charge in [0, 0.05) is 25.7 Å². The number of amides is 3. The van der Waals surface area contributed by atoms with Crippen molar-refractivity contribution in [2.24, 2.45) is 0 Å².